The summed E-state index contributed by atoms with van der Waals surface area (Å²) in [5, 5.41) is 0. The molecule has 5 atom stereocenters. The van der Waals surface area contributed by atoms with Crippen LogP contribution in [0, 0.1) is 11.8 Å². The van der Waals surface area contributed by atoms with Crippen molar-refractivity contribution in [2.75, 3.05) is 6.61 Å². The van der Waals surface area contributed by atoms with Crippen LogP contribution in [0.15, 0.2) is 29.1 Å². The molecule has 3 heterocycles. The highest BCUT2D eigenvalue weighted by atomic mass is 16.5. The molecule has 2 aromatic rings. The minimum Gasteiger partial charge on any atom is -0.466 e. The molecule has 0 amide bonds. The zero-order valence-electron chi connectivity index (χ0n) is 22.4. The monoisotopic (exact) mass is 505 g/mol. The van der Waals surface area contributed by atoms with Gasteiger partial charge in [-0.2, -0.15) is 0 Å². The largest absolute Gasteiger partial charge is 0.466 e. The van der Waals surface area contributed by atoms with Gasteiger partial charge in [-0.1, -0.05) is 37.8 Å². The predicted octanol–water partition coefficient (Wildman–Crippen LogP) is 5.81. The normalized spacial score (nSPS) is 31.8. The van der Waals surface area contributed by atoms with Crippen molar-refractivity contribution in [1.82, 2.24) is 14.5 Å². The molecule has 0 radical (unpaired) electrons. The zero-order chi connectivity index (χ0) is 25.4. The van der Waals surface area contributed by atoms with E-state index in [0.29, 0.717) is 43.6 Å². The molecule has 4 unspecified atom stereocenters. The molecule has 0 spiro atoms. The number of esters is 1. The lowest BCUT2D eigenvalue weighted by molar-refractivity contribution is -0.143. The lowest BCUT2D eigenvalue weighted by Gasteiger charge is -2.48. The number of nitrogens with zero attached hydrogens (tertiary/aromatic N) is 3. The average Bonchev–Trinajstić information content (AvgIpc) is 3.04. The molecule has 6 heteroatoms. The summed E-state index contributed by atoms with van der Waals surface area (Å²) in [5.41, 5.74) is 2.49. The number of fused-ring (bicyclic) bond motifs is 5. The van der Waals surface area contributed by atoms with Crippen molar-refractivity contribution in [3.05, 3.63) is 40.3 Å². The van der Waals surface area contributed by atoms with Crippen LogP contribution in [-0.4, -0.2) is 45.2 Å². The van der Waals surface area contributed by atoms with Crippen molar-refractivity contribution in [2.45, 2.75) is 121 Å². The second kappa shape index (κ2) is 10.9. The van der Waals surface area contributed by atoms with Gasteiger partial charge in [0.2, 0.25) is 0 Å². The van der Waals surface area contributed by atoms with Gasteiger partial charge in [0.15, 0.2) is 0 Å². The van der Waals surface area contributed by atoms with Crippen LogP contribution in [0.5, 0.6) is 0 Å². The number of para-hydroxylation sites is 2. The number of benzene rings is 1. The quantitative estimate of drug-likeness (QED) is 0.445. The van der Waals surface area contributed by atoms with Crippen molar-refractivity contribution in [3.8, 4) is 0 Å². The topological polar surface area (TPSA) is 64.4 Å². The van der Waals surface area contributed by atoms with E-state index in [2.05, 4.69) is 15.5 Å². The Kier molecular flexibility index (Phi) is 7.38. The highest BCUT2D eigenvalue weighted by Crippen LogP contribution is 2.47. The Morgan fingerprint density at radius 1 is 0.919 bits per heavy atom. The van der Waals surface area contributed by atoms with Gasteiger partial charge < -0.3 is 9.30 Å². The number of hydrogen-bond acceptors (Lipinski definition) is 5. The van der Waals surface area contributed by atoms with Crippen LogP contribution in [0.3, 0.4) is 0 Å². The molecular formula is C31H43N3O3. The Hall–Kier alpha value is -2.21. The summed E-state index contributed by atoms with van der Waals surface area (Å²) in [6.45, 7) is 2.21. The molecule has 0 N–H and O–H groups in total. The predicted molar refractivity (Wildman–Crippen MR) is 146 cm³/mol. The summed E-state index contributed by atoms with van der Waals surface area (Å²) in [5.74, 6) is 1.68. The fraction of sp³-hybridized carbons (Fsp3) is 0.710. The third-order valence-electron chi connectivity index (χ3n) is 9.87. The second-order valence-electron chi connectivity index (χ2n) is 12.2. The standard InChI is InChI=1S/C31H43N3O3/c1-2-37-30(35)13-7-11-28-31(36)34(29-12-6-5-10-27(29)32-28)26-19-23-14-15-24(20-26)33(23)25-17-21-8-3-4-9-22(16-21)18-25/h5-6,10,12,21-26H,2-4,7-9,11,13-20H2,1H3/t21?,22?,23-,24?,25?,26?/m1/s1. The number of piperidine rings is 1. The lowest BCUT2D eigenvalue weighted by Crippen LogP contribution is -2.52. The number of carbonyl (C=O) groups is 1. The van der Waals surface area contributed by atoms with E-state index in [0.717, 1.165) is 41.8 Å². The first-order valence-corrected chi connectivity index (χ1v) is 15.0. The maximum atomic E-state index is 13.8. The molecule has 6 nitrogen and oxygen atoms in total. The van der Waals surface area contributed by atoms with Crippen LogP contribution in [0.4, 0.5) is 0 Å². The van der Waals surface area contributed by atoms with Gasteiger partial charge in [0, 0.05) is 30.6 Å². The maximum absolute atomic E-state index is 13.8. The third kappa shape index (κ3) is 5.10. The van der Waals surface area contributed by atoms with Gasteiger partial charge in [0.25, 0.3) is 5.56 Å². The number of aryl methyl sites for hydroxylation is 1. The van der Waals surface area contributed by atoms with Gasteiger partial charge in [-0.05, 0) is 88.7 Å². The Morgan fingerprint density at radius 2 is 1.62 bits per heavy atom. The number of rotatable bonds is 7. The van der Waals surface area contributed by atoms with Crippen LogP contribution in [0.1, 0.15) is 102 Å². The summed E-state index contributed by atoms with van der Waals surface area (Å²) in [7, 11) is 0. The molecule has 2 saturated carbocycles. The molecule has 4 bridgehead atoms. The summed E-state index contributed by atoms with van der Waals surface area (Å²) in [4.78, 5) is 33.4. The van der Waals surface area contributed by atoms with Gasteiger partial charge in [-0.15, -0.1) is 0 Å². The van der Waals surface area contributed by atoms with Crippen molar-refractivity contribution >= 4 is 17.0 Å². The van der Waals surface area contributed by atoms with Gasteiger partial charge in [0.05, 0.1) is 17.6 Å². The molecule has 2 aliphatic heterocycles. The Labute approximate surface area is 220 Å². The number of ether oxygens (including phenoxy) is 1. The maximum Gasteiger partial charge on any atom is 0.305 e. The fourth-order valence-electron chi connectivity index (χ4n) is 8.46. The molecule has 200 valence electrons. The Bertz CT molecular complexity index is 1150. The number of hydrogen-bond donors (Lipinski definition) is 0. The second-order valence-corrected chi connectivity index (χ2v) is 12.2. The van der Waals surface area contributed by atoms with Gasteiger partial charge in [-0.25, -0.2) is 4.98 Å². The van der Waals surface area contributed by atoms with Crippen molar-refractivity contribution < 1.29 is 9.53 Å². The molecular weight excluding hydrogens is 462 g/mol. The SMILES string of the molecule is CCOC(=O)CCCc1nc2ccccc2n(C2CC3CC[C@H](C2)N3C2CC3CCCCC(C3)C2)c1=O. The number of aromatic nitrogens is 2. The van der Waals surface area contributed by atoms with Crippen molar-refractivity contribution in [2.24, 2.45) is 11.8 Å². The number of carbonyl (C=O) groups excluding carboxylic acids is 1. The van der Waals surface area contributed by atoms with Crippen molar-refractivity contribution in [3.63, 3.8) is 0 Å². The highest BCUT2D eigenvalue weighted by Gasteiger charge is 2.46. The van der Waals surface area contributed by atoms with E-state index in [4.69, 9.17) is 9.72 Å². The molecule has 6 rings (SSSR count). The molecule has 1 aromatic carbocycles. The first-order valence-electron chi connectivity index (χ1n) is 15.0. The zero-order valence-corrected chi connectivity index (χ0v) is 22.4. The van der Waals surface area contributed by atoms with Crippen LogP contribution in [0.2, 0.25) is 0 Å². The van der Waals surface area contributed by atoms with Gasteiger partial charge in [-0.3, -0.25) is 14.5 Å². The summed E-state index contributed by atoms with van der Waals surface area (Å²) in [6.07, 6.45) is 16.1. The van der Waals surface area contributed by atoms with Crippen LogP contribution >= 0.6 is 0 Å². The molecule has 2 aliphatic carbocycles. The molecule has 4 fully saturated rings. The van der Waals surface area contributed by atoms with E-state index in [1.807, 2.05) is 25.1 Å². The van der Waals surface area contributed by atoms with Gasteiger partial charge in [0.1, 0.15) is 5.69 Å². The van der Waals surface area contributed by atoms with E-state index in [9.17, 15) is 9.59 Å². The van der Waals surface area contributed by atoms with Crippen LogP contribution in [0.25, 0.3) is 11.0 Å². The Morgan fingerprint density at radius 3 is 2.32 bits per heavy atom. The van der Waals surface area contributed by atoms with E-state index < -0.39 is 0 Å². The highest BCUT2D eigenvalue weighted by molar-refractivity contribution is 5.75. The minimum absolute atomic E-state index is 0.0455. The van der Waals surface area contributed by atoms with E-state index in [1.54, 1.807) is 0 Å². The average molecular weight is 506 g/mol. The first kappa shape index (κ1) is 25.1. The van der Waals surface area contributed by atoms with E-state index >= 15 is 0 Å². The summed E-state index contributed by atoms with van der Waals surface area (Å²) >= 11 is 0. The van der Waals surface area contributed by atoms with E-state index in [-0.39, 0.29) is 17.6 Å². The first-order chi connectivity index (χ1) is 18.1. The Balaban J connectivity index is 1.23. The van der Waals surface area contributed by atoms with Gasteiger partial charge >= 0.3 is 5.97 Å². The fourth-order valence-corrected chi connectivity index (χ4v) is 8.46. The molecule has 1 aromatic heterocycles. The molecule has 37 heavy (non-hydrogen) atoms. The van der Waals surface area contributed by atoms with Crippen LogP contribution < -0.4 is 5.56 Å². The summed E-state index contributed by atoms with van der Waals surface area (Å²) < 4.78 is 7.16. The third-order valence-corrected chi connectivity index (χ3v) is 9.87. The lowest BCUT2D eigenvalue weighted by atomic mass is 9.76. The van der Waals surface area contributed by atoms with E-state index in [1.165, 1.54) is 57.8 Å². The smallest absolute Gasteiger partial charge is 0.305 e. The van der Waals surface area contributed by atoms with Crippen molar-refractivity contribution in [1.29, 1.82) is 0 Å². The summed E-state index contributed by atoms with van der Waals surface area (Å²) in [6, 6.07) is 10.3. The molecule has 4 aliphatic rings. The molecule has 2 saturated heterocycles. The van der Waals surface area contributed by atoms with Crippen LogP contribution in [-0.2, 0) is 16.0 Å². The minimum atomic E-state index is -0.199.